The highest BCUT2D eigenvalue weighted by Gasteiger charge is 2.53. The minimum absolute atomic E-state index is 0.00194. The number of nitrogens with one attached hydrogen (secondary N) is 4. The molecule has 2 saturated carbocycles. The van der Waals surface area contributed by atoms with Gasteiger partial charge in [-0.15, -0.1) is 10.2 Å². The largest absolute Gasteiger partial charge is 0.509 e. The number of amides is 8. The van der Waals surface area contributed by atoms with Crippen molar-refractivity contribution < 1.29 is 110 Å². The van der Waals surface area contributed by atoms with Crippen molar-refractivity contribution in [1.82, 2.24) is 74.8 Å². The van der Waals surface area contributed by atoms with Crippen LogP contribution < -0.4 is 32.4 Å². The molecule has 4 fully saturated rings. The fourth-order valence-electron chi connectivity index (χ4n) is 19.9. The second kappa shape index (κ2) is 46.3. The number of anilines is 1. The van der Waals surface area contributed by atoms with Gasteiger partial charge in [0.2, 0.25) is 58.5 Å². The number of aromatic hydroxyl groups is 1. The first-order valence-corrected chi connectivity index (χ1v) is 49.0. The number of aryl methyl sites for hydroxylation is 4. The monoisotopic (exact) mass is 1970 g/mol. The Balaban J connectivity index is 0.000000169. The van der Waals surface area contributed by atoms with Gasteiger partial charge in [-0.2, -0.15) is 0 Å². The molecule has 8 aliphatic rings. The molecule has 760 valence electrons. The summed E-state index contributed by atoms with van der Waals surface area (Å²) in [7, 11) is 1.15. The van der Waals surface area contributed by atoms with Gasteiger partial charge in [0.25, 0.3) is 11.1 Å². The number of hydrogen-bond acceptors (Lipinski definition) is 31. The Bertz CT molecular complexity index is 6450. The van der Waals surface area contributed by atoms with Crippen LogP contribution in [-0.2, 0) is 178 Å². The van der Waals surface area contributed by atoms with E-state index in [9.17, 15) is 72.2 Å². The summed E-state index contributed by atoms with van der Waals surface area (Å²) in [6, 6.07) is 22.0. The number of fused-ring (bicyclic) bond motifs is 10. The summed E-state index contributed by atoms with van der Waals surface area (Å²) in [5.41, 5.74) is 8.78. The summed E-state index contributed by atoms with van der Waals surface area (Å²) < 4.78 is 60.2. The molecule has 41 nitrogen and oxygen atoms in total. The Morgan fingerprint density at radius 2 is 0.979 bits per heavy atom. The van der Waals surface area contributed by atoms with Gasteiger partial charge in [0.1, 0.15) is 50.2 Å². The average Bonchev–Trinajstić information content (AvgIpc) is 1.43. The van der Waals surface area contributed by atoms with Crippen LogP contribution in [0.25, 0.3) is 44.6 Å². The van der Waals surface area contributed by atoms with Gasteiger partial charge in [-0.05, 0) is 174 Å². The van der Waals surface area contributed by atoms with E-state index in [1.807, 2.05) is 50.2 Å². The summed E-state index contributed by atoms with van der Waals surface area (Å²) >= 11 is 0. The molecule has 12 heterocycles. The van der Waals surface area contributed by atoms with Crippen molar-refractivity contribution in [2.45, 2.75) is 215 Å². The molecule has 3 aromatic carbocycles. The lowest BCUT2D eigenvalue weighted by atomic mass is 9.81. The zero-order chi connectivity index (χ0) is 102. The molecule has 6 aliphatic heterocycles. The predicted octanol–water partition coefficient (Wildman–Crippen LogP) is 8.84. The van der Waals surface area contributed by atoms with Gasteiger partial charge >= 0.3 is 24.2 Å². The van der Waals surface area contributed by atoms with Crippen molar-refractivity contribution in [1.29, 1.82) is 0 Å². The zero-order valence-corrected chi connectivity index (χ0v) is 81.9. The fourth-order valence-corrected chi connectivity index (χ4v) is 19.9. The summed E-state index contributed by atoms with van der Waals surface area (Å²) in [5.74, 6) is -2.72. The van der Waals surface area contributed by atoms with Crippen LogP contribution in [0.3, 0.4) is 0 Å². The maximum absolute atomic E-state index is 14.0. The Kier molecular flexibility index (Phi) is 33.5. The third-order valence-electron chi connectivity index (χ3n) is 27.8. The molecule has 2 aliphatic carbocycles. The van der Waals surface area contributed by atoms with E-state index in [0.29, 0.717) is 149 Å². The fraction of sp³-hybridized carbons (Fsp3) is 0.510. The number of aromatic nitrogens is 10. The van der Waals surface area contributed by atoms with Gasteiger partial charge in [0, 0.05) is 94.9 Å². The van der Waals surface area contributed by atoms with Crippen LogP contribution in [0.1, 0.15) is 193 Å². The topological polar surface area (TPSA) is 503 Å². The minimum atomic E-state index is -1.90. The number of pyridine rings is 4. The van der Waals surface area contributed by atoms with Crippen molar-refractivity contribution in [3.63, 3.8) is 0 Å². The van der Waals surface area contributed by atoms with Crippen molar-refractivity contribution in [3.05, 3.63) is 173 Å². The number of benzene rings is 3. The SMILES string of the molecule is CCc1c2c(nc3ccc(C)cc13)-c1cc3c(c(=O)n1C2)COC(=O)[C@@]3(CC)OC(=O)OCCOCCn1cc(CNC(=O)C2CCC(CN3C(=O)CC(C)C3=O)CC2)nn1.CCc1c2c(nc3ccc(O)cc13)-c1cc3c(c(=O)n1C2)COC(=O)[C@@]3(CC)OC(=O)OC.CCc1ccc(NC(=O)COCC(=O)NCCOCCOCCn2cc(CNC(=O)C3CCC(CN4C(=O)CC(C)C4=O)CC3)nn2)cc1. The summed E-state index contributed by atoms with van der Waals surface area (Å²) in [5, 5.41) is 39.6. The second-order valence-electron chi connectivity index (χ2n) is 37.2. The van der Waals surface area contributed by atoms with Crippen LogP contribution in [0.4, 0.5) is 15.3 Å². The quantitative estimate of drug-likeness (QED) is 0.0105. The number of carbonyl (C=O) groups excluding carboxylic acids is 12. The lowest BCUT2D eigenvalue weighted by Crippen LogP contribution is -2.47. The van der Waals surface area contributed by atoms with Gasteiger partial charge < -0.3 is 82.9 Å². The van der Waals surface area contributed by atoms with Gasteiger partial charge in [-0.3, -0.25) is 57.7 Å². The van der Waals surface area contributed by atoms with Gasteiger partial charge in [0.05, 0.1) is 143 Å². The number of imide groups is 2. The van der Waals surface area contributed by atoms with Crippen LogP contribution in [-0.4, -0.2) is 222 Å². The van der Waals surface area contributed by atoms with Crippen molar-refractivity contribution >= 4 is 99.0 Å². The molecule has 0 spiro atoms. The standard InChI is InChI=1S/C44H51N7O10.C34H49N7O8.C24H22N2O7/c1-5-30-31-17-25(3)7-12-35(31)46-38-32(30)23-50-36(38)19-34-33(41(50)55)24-60-42(56)44(34,6-2)61-43(57)59-16-15-58-14-13-49-22-29(47-48-49)20-45-39(53)28-10-8-27(9-11-28)21-51-37(52)18-26(4)40(51)54;1-3-25-6-10-28(11-7-25)37-31(43)23-49-22-30(42)35-12-14-47-16-17-48-15-13-40-21-29(38-39-40)19-36-33(45)27-8-4-26(5-9-27)20-41-32(44)18-24(2)34(41)46;1-4-13-14-8-12(27)6-7-18(14)25-20-15(13)10-26-19(20)9-17-16(21(26)28)11-32-22(29)24(17,5-2)33-23(30)31-3/h7,12,17,19,22,26-28H,5-6,8-11,13-16,18,20-21,23-24H2,1-4H3,(H,45,53);6-7,10-11,21,24,26-27H,3-5,8-9,12-20,22-23H2,1-2H3,(H,35,42)(H,36,45)(H,37,43);6-9,27H,4-5,10-11H2,1-3H3/t26?,27?,28?,44-;;24-/m0.0/s1. The Hall–Kier alpha value is -14.1. The molecule has 2 unspecified atom stereocenters. The van der Waals surface area contributed by atoms with E-state index in [-0.39, 0.29) is 195 Å². The number of nitrogens with zero attached hydrogens (tertiary/aromatic N) is 12. The summed E-state index contributed by atoms with van der Waals surface area (Å²) in [6.45, 7) is 18.9. The highest BCUT2D eigenvalue weighted by atomic mass is 16.8. The highest BCUT2D eigenvalue weighted by molar-refractivity contribution is 6.04. The van der Waals surface area contributed by atoms with Crippen LogP contribution in [0.5, 0.6) is 5.75 Å². The van der Waals surface area contributed by atoms with E-state index in [4.69, 9.17) is 52.6 Å². The summed E-state index contributed by atoms with van der Waals surface area (Å²) in [4.78, 5) is 190. The third-order valence-corrected chi connectivity index (χ3v) is 27.8. The second-order valence-corrected chi connectivity index (χ2v) is 37.2. The molecule has 9 aromatic rings. The lowest BCUT2D eigenvalue weighted by Gasteiger charge is -2.35. The minimum Gasteiger partial charge on any atom is -0.508 e. The van der Waals surface area contributed by atoms with E-state index in [1.54, 1.807) is 88.9 Å². The molecule has 41 heteroatoms. The van der Waals surface area contributed by atoms with Crippen LogP contribution >= 0.6 is 0 Å². The number of hydrogen-bond donors (Lipinski definition) is 5. The number of carbonyl (C=O) groups is 12. The molecule has 0 radical (unpaired) electrons. The van der Waals surface area contributed by atoms with Crippen LogP contribution in [0.2, 0.25) is 0 Å². The molecule has 4 atom stereocenters. The predicted molar refractivity (Wildman–Crippen MR) is 512 cm³/mol. The molecular formula is C102H122N16O25. The Labute approximate surface area is 823 Å². The number of phenolic OH excluding ortho intramolecular Hbond substituents is 1. The van der Waals surface area contributed by atoms with E-state index in [2.05, 4.69) is 66.5 Å². The number of phenols is 1. The molecule has 8 amide bonds. The average molecular weight is 1970 g/mol. The Morgan fingerprint density at radius 3 is 1.45 bits per heavy atom. The van der Waals surface area contributed by atoms with E-state index < -0.39 is 35.5 Å². The first-order valence-electron chi connectivity index (χ1n) is 49.0. The number of rotatable bonds is 37. The van der Waals surface area contributed by atoms with E-state index in [0.717, 1.165) is 103 Å². The number of likely N-dealkylation sites (tertiary alicyclic amines) is 2. The number of methoxy groups -OCH3 is 1. The van der Waals surface area contributed by atoms with E-state index >= 15 is 0 Å². The maximum Gasteiger partial charge on any atom is 0.509 e. The zero-order valence-electron chi connectivity index (χ0n) is 81.9. The molecular weight excluding hydrogens is 1850 g/mol. The van der Waals surface area contributed by atoms with Gasteiger partial charge in [-0.25, -0.2) is 38.5 Å². The van der Waals surface area contributed by atoms with Crippen molar-refractivity contribution in [3.8, 4) is 28.5 Å². The van der Waals surface area contributed by atoms with Crippen molar-refractivity contribution in [2.75, 3.05) is 91.5 Å². The molecule has 6 aromatic heterocycles. The highest BCUT2D eigenvalue weighted by Crippen LogP contribution is 2.46. The molecule has 0 bridgehead atoms. The van der Waals surface area contributed by atoms with Crippen LogP contribution in [0, 0.1) is 42.4 Å². The number of esters is 2. The first kappa shape index (κ1) is 103. The van der Waals surface area contributed by atoms with E-state index in [1.165, 1.54) is 15.4 Å². The third kappa shape index (κ3) is 23.3. The normalized spacial score (nSPS) is 20.1. The van der Waals surface area contributed by atoms with Gasteiger partial charge in [-0.1, -0.05) is 82.7 Å². The molecule has 2 saturated heterocycles. The smallest absolute Gasteiger partial charge is 0.508 e. The van der Waals surface area contributed by atoms with Crippen LogP contribution in [0.15, 0.2) is 94.8 Å². The molecule has 5 N–H and O–H groups in total. The summed E-state index contributed by atoms with van der Waals surface area (Å²) in [6.07, 6.45) is 10.4. The Morgan fingerprint density at radius 1 is 0.510 bits per heavy atom. The van der Waals surface area contributed by atoms with Gasteiger partial charge in [0.15, 0.2) is 0 Å². The van der Waals surface area contributed by atoms with Crippen molar-refractivity contribution in [2.24, 2.45) is 35.5 Å². The molecule has 143 heavy (non-hydrogen) atoms. The molecule has 17 rings (SSSR count). The number of cyclic esters (lactones) is 2. The lowest BCUT2D eigenvalue weighted by molar-refractivity contribution is -0.175. The maximum atomic E-state index is 14.0. The first-order chi connectivity index (χ1) is 68.9. The number of ether oxygens (including phenoxy) is 10.